The minimum absolute atomic E-state index is 0.158. The molecule has 4 nitrogen and oxygen atoms in total. The number of benzene rings is 1. The Hall–Kier alpha value is -2.28. The maximum absolute atomic E-state index is 12.6. The summed E-state index contributed by atoms with van der Waals surface area (Å²) in [6.45, 7) is 8.34. The van der Waals surface area contributed by atoms with Crippen LogP contribution in [-0.2, 0) is 4.79 Å². The van der Waals surface area contributed by atoms with E-state index in [2.05, 4.69) is 32.2 Å². The number of nitriles is 1. The Balaban J connectivity index is 2.29. The van der Waals surface area contributed by atoms with Crippen LogP contribution >= 0.6 is 0 Å². The summed E-state index contributed by atoms with van der Waals surface area (Å²) in [6.07, 6.45) is 6.17. The van der Waals surface area contributed by atoms with Crippen LogP contribution < -0.4 is 10.1 Å². The van der Waals surface area contributed by atoms with Crippen molar-refractivity contribution in [3.8, 4) is 11.8 Å². The fourth-order valence-electron chi connectivity index (χ4n) is 3.58. The van der Waals surface area contributed by atoms with E-state index in [-0.39, 0.29) is 17.5 Å². The summed E-state index contributed by atoms with van der Waals surface area (Å²) in [7, 11) is 1.66. The van der Waals surface area contributed by atoms with E-state index in [1.165, 1.54) is 6.42 Å². The monoisotopic (exact) mass is 354 g/mol. The summed E-state index contributed by atoms with van der Waals surface area (Å²) in [5.74, 6) is 1.32. The Morgan fingerprint density at radius 3 is 2.62 bits per heavy atom. The Morgan fingerprint density at radius 1 is 1.35 bits per heavy atom. The molecule has 26 heavy (non-hydrogen) atoms. The maximum atomic E-state index is 12.6. The highest BCUT2D eigenvalue weighted by Crippen LogP contribution is 2.30. The Bertz CT molecular complexity index is 728. The van der Waals surface area contributed by atoms with Crippen molar-refractivity contribution in [2.45, 2.75) is 65.3 Å². The molecule has 2 atom stereocenters. The van der Waals surface area contributed by atoms with Gasteiger partial charge < -0.3 is 10.1 Å². The quantitative estimate of drug-likeness (QED) is 0.614. The molecule has 4 heteroatoms. The zero-order valence-electron chi connectivity index (χ0n) is 16.6. The first-order valence-electron chi connectivity index (χ1n) is 9.48. The fraction of sp³-hybridized carbons (Fsp3) is 0.545. The molecule has 1 aromatic carbocycles. The second-order valence-electron chi connectivity index (χ2n) is 7.62. The molecule has 140 valence electrons. The van der Waals surface area contributed by atoms with Gasteiger partial charge in [0.05, 0.1) is 7.11 Å². The number of amides is 1. The van der Waals surface area contributed by atoms with Gasteiger partial charge in [-0.2, -0.15) is 5.26 Å². The van der Waals surface area contributed by atoms with Gasteiger partial charge in [-0.25, -0.2) is 0 Å². The van der Waals surface area contributed by atoms with Gasteiger partial charge in [-0.3, -0.25) is 4.79 Å². The van der Waals surface area contributed by atoms with Crippen molar-refractivity contribution in [2.24, 2.45) is 5.92 Å². The van der Waals surface area contributed by atoms with Crippen LogP contribution in [0.1, 0.15) is 69.1 Å². The number of ether oxygens (including phenoxy) is 1. The molecule has 0 aromatic heterocycles. The number of hydrogen-bond acceptors (Lipinski definition) is 3. The summed E-state index contributed by atoms with van der Waals surface area (Å²) >= 11 is 0. The van der Waals surface area contributed by atoms with E-state index >= 15 is 0 Å². The second-order valence-corrected chi connectivity index (χ2v) is 7.62. The molecule has 1 aliphatic rings. The van der Waals surface area contributed by atoms with Gasteiger partial charge >= 0.3 is 0 Å². The van der Waals surface area contributed by atoms with E-state index in [1.807, 2.05) is 19.1 Å². The van der Waals surface area contributed by atoms with E-state index in [1.54, 1.807) is 13.2 Å². The number of nitrogens with one attached hydrogen (secondary N) is 1. The predicted octanol–water partition coefficient (Wildman–Crippen LogP) is 4.73. The summed E-state index contributed by atoms with van der Waals surface area (Å²) in [5, 5.41) is 12.6. The SMILES string of the molecule is COc1cc(C)c(/C=C(\C#N)C(=O)NC2CCCCC2C)cc1C(C)C. The Morgan fingerprint density at radius 2 is 2.04 bits per heavy atom. The van der Waals surface area contributed by atoms with Crippen molar-refractivity contribution in [3.05, 3.63) is 34.4 Å². The first kappa shape index (κ1) is 20.0. The topological polar surface area (TPSA) is 62.1 Å². The van der Waals surface area contributed by atoms with Crippen molar-refractivity contribution in [1.29, 1.82) is 5.26 Å². The van der Waals surface area contributed by atoms with E-state index in [4.69, 9.17) is 4.74 Å². The molecule has 1 aromatic rings. The van der Waals surface area contributed by atoms with Gasteiger partial charge in [0.1, 0.15) is 17.4 Å². The molecule has 0 bridgehead atoms. The van der Waals surface area contributed by atoms with Crippen molar-refractivity contribution in [3.63, 3.8) is 0 Å². The van der Waals surface area contributed by atoms with Crippen LogP contribution in [-0.4, -0.2) is 19.1 Å². The lowest BCUT2D eigenvalue weighted by atomic mass is 9.86. The largest absolute Gasteiger partial charge is 0.496 e. The third-order valence-corrected chi connectivity index (χ3v) is 5.33. The van der Waals surface area contributed by atoms with Gasteiger partial charge in [0, 0.05) is 6.04 Å². The lowest BCUT2D eigenvalue weighted by molar-refractivity contribution is -0.118. The second kappa shape index (κ2) is 8.89. The normalized spacial score (nSPS) is 20.6. The number of rotatable bonds is 5. The summed E-state index contributed by atoms with van der Waals surface area (Å²) in [4.78, 5) is 12.6. The molecule has 0 radical (unpaired) electrons. The lowest BCUT2D eigenvalue weighted by Gasteiger charge is -2.29. The van der Waals surface area contributed by atoms with Crippen LogP contribution in [0.15, 0.2) is 17.7 Å². The summed E-state index contributed by atoms with van der Waals surface area (Å²) in [6, 6.07) is 6.23. The molecule has 2 unspecified atom stereocenters. The molecule has 0 aliphatic heterocycles. The maximum Gasteiger partial charge on any atom is 0.262 e. The van der Waals surface area contributed by atoms with Crippen molar-refractivity contribution in [1.82, 2.24) is 5.32 Å². The predicted molar refractivity (Wildman–Crippen MR) is 105 cm³/mol. The average molecular weight is 354 g/mol. The first-order chi connectivity index (χ1) is 12.4. The number of hydrogen-bond donors (Lipinski definition) is 1. The molecule has 1 aliphatic carbocycles. The van der Waals surface area contributed by atoms with E-state index in [0.717, 1.165) is 41.7 Å². The summed E-state index contributed by atoms with van der Waals surface area (Å²) in [5.41, 5.74) is 3.10. The van der Waals surface area contributed by atoms with Gasteiger partial charge in [-0.1, -0.05) is 33.6 Å². The number of methoxy groups -OCH3 is 1. The molecule has 1 N–H and O–H groups in total. The van der Waals surface area contributed by atoms with Crippen LogP contribution in [0.25, 0.3) is 6.08 Å². The molecular formula is C22H30N2O2. The van der Waals surface area contributed by atoms with E-state index in [9.17, 15) is 10.1 Å². The molecule has 0 spiro atoms. The molecule has 1 fully saturated rings. The van der Waals surface area contributed by atoms with Crippen LogP contribution in [0.3, 0.4) is 0 Å². The number of nitrogens with zero attached hydrogens (tertiary/aromatic N) is 1. The standard InChI is InChI=1S/C22H30N2O2/c1-14(2)19-12-17(16(4)10-21(19)26-5)11-18(13-23)22(25)24-20-9-7-6-8-15(20)3/h10-12,14-15,20H,6-9H2,1-5H3,(H,24,25)/b18-11+. The summed E-state index contributed by atoms with van der Waals surface area (Å²) < 4.78 is 5.47. The Labute approximate surface area is 157 Å². The van der Waals surface area contributed by atoms with Crippen LogP contribution in [0.5, 0.6) is 5.75 Å². The Kier molecular flexibility index (Phi) is 6.85. The van der Waals surface area contributed by atoms with Gasteiger partial charge in [0.25, 0.3) is 5.91 Å². The number of aryl methyl sites for hydroxylation is 1. The van der Waals surface area contributed by atoms with Crippen molar-refractivity contribution >= 4 is 12.0 Å². The van der Waals surface area contributed by atoms with Gasteiger partial charge in [-0.05, 0) is 66.5 Å². The van der Waals surface area contributed by atoms with E-state index < -0.39 is 0 Å². The fourth-order valence-corrected chi connectivity index (χ4v) is 3.58. The molecule has 0 heterocycles. The van der Waals surface area contributed by atoms with Crippen LogP contribution in [0, 0.1) is 24.2 Å². The average Bonchev–Trinajstić information content (AvgIpc) is 2.61. The first-order valence-corrected chi connectivity index (χ1v) is 9.48. The van der Waals surface area contributed by atoms with E-state index in [0.29, 0.717) is 11.8 Å². The van der Waals surface area contributed by atoms with Gasteiger partial charge in [-0.15, -0.1) is 0 Å². The molecular weight excluding hydrogens is 324 g/mol. The highest BCUT2D eigenvalue weighted by atomic mass is 16.5. The van der Waals surface area contributed by atoms with Crippen molar-refractivity contribution in [2.75, 3.05) is 7.11 Å². The van der Waals surface area contributed by atoms with Crippen LogP contribution in [0.2, 0.25) is 0 Å². The molecule has 1 amide bonds. The number of carbonyl (C=O) groups is 1. The third-order valence-electron chi connectivity index (χ3n) is 5.33. The lowest BCUT2D eigenvalue weighted by Crippen LogP contribution is -2.41. The smallest absolute Gasteiger partial charge is 0.262 e. The number of carbonyl (C=O) groups excluding carboxylic acids is 1. The zero-order valence-corrected chi connectivity index (χ0v) is 16.6. The third kappa shape index (κ3) is 4.66. The van der Waals surface area contributed by atoms with Crippen molar-refractivity contribution < 1.29 is 9.53 Å². The highest BCUT2D eigenvalue weighted by molar-refractivity contribution is 6.02. The van der Waals surface area contributed by atoms with Gasteiger partial charge in [0.2, 0.25) is 0 Å². The molecule has 2 rings (SSSR count). The highest BCUT2D eigenvalue weighted by Gasteiger charge is 2.24. The zero-order chi connectivity index (χ0) is 19.3. The minimum atomic E-state index is -0.271. The van der Waals surface area contributed by atoms with Gasteiger partial charge in [0.15, 0.2) is 0 Å². The minimum Gasteiger partial charge on any atom is -0.496 e. The molecule has 0 saturated heterocycles. The van der Waals surface area contributed by atoms with Crippen LogP contribution in [0.4, 0.5) is 0 Å². The molecule has 1 saturated carbocycles.